The van der Waals surface area contributed by atoms with Gasteiger partial charge in [-0.25, -0.2) is 24.5 Å². The van der Waals surface area contributed by atoms with Crippen molar-refractivity contribution >= 4 is 46.2 Å². The molecular formula is C39H40ClN11S2. The predicted molar refractivity (Wildman–Crippen MR) is 217 cm³/mol. The molecule has 11 nitrogen and oxygen atoms in total. The molecule has 2 aromatic carbocycles. The van der Waals surface area contributed by atoms with E-state index < -0.39 is 0 Å². The van der Waals surface area contributed by atoms with Crippen molar-refractivity contribution in [3.8, 4) is 22.5 Å². The third kappa shape index (κ3) is 10.3. The van der Waals surface area contributed by atoms with Gasteiger partial charge in [0.05, 0.1) is 35.9 Å². The number of fused-ring (bicyclic) bond motifs is 1. The highest BCUT2D eigenvalue weighted by Gasteiger charge is 2.10. The van der Waals surface area contributed by atoms with E-state index in [0.29, 0.717) is 17.9 Å². The van der Waals surface area contributed by atoms with E-state index in [2.05, 4.69) is 42.9 Å². The van der Waals surface area contributed by atoms with Gasteiger partial charge in [0.1, 0.15) is 22.1 Å². The fraction of sp³-hybridized carbons (Fsp3) is 0.154. The van der Waals surface area contributed by atoms with Crippen LogP contribution in [0.15, 0.2) is 146 Å². The van der Waals surface area contributed by atoms with E-state index in [0.717, 1.165) is 55.7 Å². The van der Waals surface area contributed by atoms with Gasteiger partial charge in [-0.05, 0) is 24.3 Å². The minimum Gasteiger partial charge on any atom is -0.337 e. The van der Waals surface area contributed by atoms with Gasteiger partial charge in [-0.2, -0.15) is 0 Å². The molecule has 8 rings (SSSR count). The maximum Gasteiger partial charge on any atom is 0.209 e. The summed E-state index contributed by atoms with van der Waals surface area (Å²) in [4.78, 5) is 18.3. The van der Waals surface area contributed by atoms with Crippen LogP contribution in [-0.2, 0) is 32.3 Å². The molecule has 0 aliphatic rings. The van der Waals surface area contributed by atoms with Crippen LogP contribution in [0.1, 0.15) is 19.1 Å². The zero-order valence-electron chi connectivity index (χ0n) is 28.6. The average Bonchev–Trinajstić information content (AvgIpc) is 4.00. The molecule has 270 valence electrons. The minimum absolute atomic E-state index is 0. The molecule has 1 N–H and O–H groups in total. The number of thiocarbonyl (C=S) groups is 1. The molecule has 6 heterocycles. The molecule has 0 bridgehead atoms. The van der Waals surface area contributed by atoms with E-state index in [4.69, 9.17) is 34.2 Å². The normalized spacial score (nSPS) is 10.5. The second-order valence-corrected chi connectivity index (χ2v) is 13.1. The summed E-state index contributed by atoms with van der Waals surface area (Å²) >= 11 is 12.6. The lowest BCUT2D eigenvalue weighted by Crippen LogP contribution is -2.24. The molecule has 8 aromatic rings. The summed E-state index contributed by atoms with van der Waals surface area (Å²) in [5, 5.41) is 12.9. The monoisotopic (exact) mass is 761 g/mol. The highest BCUT2D eigenvalue weighted by atomic mass is 35.5. The Bertz CT molecular complexity index is 2360. The lowest BCUT2D eigenvalue weighted by Gasteiger charge is -2.07. The standard InChI is InChI=1S/C17H15N5S.C11H11ClN2.C10H10N4S.CH4/c1-21-11-14(13-7-3-2-4-8-13)18-16(21)12-23-17-19-15-9-5-6-10-22(15)20-17;1-14-8-10(13-11(14)7-12)9-5-3-2-4-6-9;11-9-3-1-2-5-13(9)7-10(15)14-6-4-12-8-14;/h2-11H,12H2,1H3;2-6,8H,7H2,1H3;1-6,8,11H,7H2;1H4. The Labute approximate surface area is 323 Å². The molecule has 0 atom stereocenters. The van der Waals surface area contributed by atoms with Crippen molar-refractivity contribution in [1.29, 1.82) is 5.41 Å². The number of nitrogens with zero attached hydrogens (tertiary/aromatic N) is 10. The number of hydrogen-bond acceptors (Lipinski definition) is 8. The molecule has 0 radical (unpaired) electrons. The molecule has 0 saturated carbocycles. The van der Waals surface area contributed by atoms with Gasteiger partial charge < -0.3 is 13.7 Å². The van der Waals surface area contributed by atoms with Crippen LogP contribution in [0.5, 0.6) is 0 Å². The van der Waals surface area contributed by atoms with Crippen LogP contribution in [-0.4, -0.2) is 52.8 Å². The van der Waals surface area contributed by atoms with Crippen molar-refractivity contribution in [3.63, 3.8) is 0 Å². The van der Waals surface area contributed by atoms with Crippen LogP contribution in [0.4, 0.5) is 0 Å². The SMILES string of the molecule is C.Cn1cc(-c2ccccc2)nc1CCl.Cn1cc(-c2ccccc2)nc1CSc1nc2ccccn2n1.N=c1ccccn1CC(=S)n1ccnc1. The summed E-state index contributed by atoms with van der Waals surface area (Å²) in [7, 11) is 3.98. The van der Waals surface area contributed by atoms with Gasteiger partial charge in [-0.1, -0.05) is 104 Å². The van der Waals surface area contributed by atoms with Gasteiger partial charge in [0.2, 0.25) is 5.16 Å². The first-order chi connectivity index (χ1) is 25.4. The zero-order chi connectivity index (χ0) is 36.3. The van der Waals surface area contributed by atoms with Crippen molar-refractivity contribution in [3.05, 3.63) is 158 Å². The number of nitrogens with one attached hydrogen (secondary N) is 1. The number of aryl methyl sites for hydroxylation is 2. The zero-order valence-corrected chi connectivity index (χ0v) is 31.0. The van der Waals surface area contributed by atoms with E-state index in [1.165, 1.54) is 0 Å². The molecular weight excluding hydrogens is 722 g/mol. The molecule has 0 fully saturated rings. The minimum atomic E-state index is 0. The molecule has 6 aromatic heterocycles. The van der Waals surface area contributed by atoms with E-state index in [1.54, 1.807) is 50.2 Å². The fourth-order valence-electron chi connectivity index (χ4n) is 5.01. The topological polar surface area (TPSA) is 112 Å². The lowest BCUT2D eigenvalue weighted by molar-refractivity contribution is 0.763. The molecule has 0 amide bonds. The van der Waals surface area contributed by atoms with Crippen LogP contribution in [0, 0.1) is 5.41 Å². The maximum absolute atomic E-state index is 7.67. The van der Waals surface area contributed by atoms with Crippen molar-refractivity contribution in [1.82, 2.24) is 47.8 Å². The number of rotatable bonds is 8. The number of halogens is 1. The summed E-state index contributed by atoms with van der Waals surface area (Å²) in [6, 6.07) is 31.6. The second kappa shape index (κ2) is 18.7. The van der Waals surface area contributed by atoms with Crippen molar-refractivity contribution in [2.75, 3.05) is 0 Å². The van der Waals surface area contributed by atoms with Gasteiger partial charge in [0.25, 0.3) is 0 Å². The highest BCUT2D eigenvalue weighted by molar-refractivity contribution is 7.98. The van der Waals surface area contributed by atoms with Crippen LogP contribution in [0.25, 0.3) is 28.2 Å². The van der Waals surface area contributed by atoms with E-state index in [1.807, 2.05) is 116 Å². The van der Waals surface area contributed by atoms with Crippen LogP contribution >= 0.6 is 35.6 Å². The number of pyridine rings is 2. The summed E-state index contributed by atoms with van der Waals surface area (Å²) in [6.45, 7) is 0.519. The number of aromatic nitrogens is 10. The maximum atomic E-state index is 7.67. The Morgan fingerprint density at radius 1 is 0.755 bits per heavy atom. The van der Waals surface area contributed by atoms with Gasteiger partial charge >= 0.3 is 0 Å². The van der Waals surface area contributed by atoms with Crippen LogP contribution in [0.2, 0.25) is 0 Å². The quantitative estimate of drug-likeness (QED) is 0.0951. The first-order valence-electron chi connectivity index (χ1n) is 16.2. The smallest absolute Gasteiger partial charge is 0.209 e. The van der Waals surface area contributed by atoms with Crippen molar-refractivity contribution < 1.29 is 0 Å². The third-order valence-electron chi connectivity index (χ3n) is 7.79. The number of imidazole rings is 3. The average molecular weight is 762 g/mol. The number of benzene rings is 2. The van der Waals surface area contributed by atoms with Gasteiger partial charge in [0, 0.05) is 62.4 Å². The predicted octanol–water partition coefficient (Wildman–Crippen LogP) is 7.92. The molecule has 14 heteroatoms. The van der Waals surface area contributed by atoms with Crippen molar-refractivity contribution in [2.45, 2.75) is 30.8 Å². The highest BCUT2D eigenvalue weighted by Crippen LogP contribution is 2.23. The van der Waals surface area contributed by atoms with Gasteiger partial charge in [0.15, 0.2) is 5.65 Å². The van der Waals surface area contributed by atoms with Crippen LogP contribution < -0.4 is 5.49 Å². The molecule has 0 saturated heterocycles. The van der Waals surface area contributed by atoms with E-state index in [9.17, 15) is 0 Å². The Kier molecular flexibility index (Phi) is 13.6. The first kappa shape index (κ1) is 38.6. The summed E-state index contributed by atoms with van der Waals surface area (Å²) in [6.07, 6.45) is 12.9. The Balaban J connectivity index is 0.000000159. The molecule has 53 heavy (non-hydrogen) atoms. The third-order valence-corrected chi connectivity index (χ3v) is 9.21. The van der Waals surface area contributed by atoms with Gasteiger partial charge in [-0.3, -0.25) is 9.98 Å². The summed E-state index contributed by atoms with van der Waals surface area (Å²) < 4.78 is 9.35. The Morgan fingerprint density at radius 2 is 1.36 bits per heavy atom. The fourth-order valence-corrected chi connectivity index (χ4v) is 6.34. The number of thioether (sulfide) groups is 1. The molecule has 0 spiro atoms. The van der Waals surface area contributed by atoms with E-state index >= 15 is 0 Å². The molecule has 0 aliphatic carbocycles. The van der Waals surface area contributed by atoms with Gasteiger partial charge in [-0.15, -0.1) is 16.7 Å². The Morgan fingerprint density at radius 3 is 1.94 bits per heavy atom. The van der Waals surface area contributed by atoms with Crippen molar-refractivity contribution in [2.24, 2.45) is 14.1 Å². The van der Waals surface area contributed by atoms with Crippen LogP contribution in [0.3, 0.4) is 0 Å². The number of hydrogen-bond donors (Lipinski definition) is 1. The van der Waals surface area contributed by atoms with E-state index in [-0.39, 0.29) is 7.43 Å². The lowest BCUT2D eigenvalue weighted by atomic mass is 10.2. The summed E-state index contributed by atoms with van der Waals surface area (Å²) in [5.41, 5.74) is 5.53. The largest absolute Gasteiger partial charge is 0.337 e. The summed E-state index contributed by atoms with van der Waals surface area (Å²) in [5.74, 6) is 3.09. The second-order valence-electron chi connectivity index (χ2n) is 11.4. The molecule has 0 unspecified atom stereocenters. The first-order valence-corrected chi connectivity index (χ1v) is 18.2. The number of alkyl halides is 1. The molecule has 0 aliphatic heterocycles. The Hall–Kier alpha value is -5.63.